The van der Waals surface area contributed by atoms with Crippen LogP contribution in [0.2, 0.25) is 0 Å². The van der Waals surface area contributed by atoms with Crippen molar-refractivity contribution in [1.29, 1.82) is 0 Å². The summed E-state index contributed by atoms with van der Waals surface area (Å²) in [5.74, 6) is -0.316. The van der Waals surface area contributed by atoms with Crippen molar-refractivity contribution < 1.29 is 9.59 Å². The highest BCUT2D eigenvalue weighted by molar-refractivity contribution is 6.15. The summed E-state index contributed by atoms with van der Waals surface area (Å²) in [7, 11) is 0. The van der Waals surface area contributed by atoms with Crippen molar-refractivity contribution in [3.63, 3.8) is 0 Å². The Bertz CT molecular complexity index is 1450. The number of hydrogen-bond acceptors (Lipinski definition) is 4. The number of nitrogens with zero attached hydrogens (tertiary/aromatic N) is 2. The van der Waals surface area contributed by atoms with Crippen LogP contribution in [0.1, 0.15) is 48.3 Å². The van der Waals surface area contributed by atoms with Crippen molar-refractivity contribution in [3.05, 3.63) is 106 Å². The Kier molecular flexibility index (Phi) is 6.64. The van der Waals surface area contributed by atoms with Gasteiger partial charge in [0.25, 0.3) is 5.56 Å². The molecule has 5 nitrogen and oxygen atoms in total. The summed E-state index contributed by atoms with van der Waals surface area (Å²) in [6.07, 6.45) is 6.72. The van der Waals surface area contributed by atoms with E-state index in [1.54, 1.807) is 42.1 Å². The summed E-state index contributed by atoms with van der Waals surface area (Å²) in [5.41, 5.74) is 3.56. The average Bonchev–Trinajstić information content (AvgIpc) is 2.82. The summed E-state index contributed by atoms with van der Waals surface area (Å²) < 4.78 is 1.66. The fourth-order valence-corrected chi connectivity index (χ4v) is 4.24. The Morgan fingerprint density at radius 2 is 1.71 bits per heavy atom. The lowest BCUT2D eigenvalue weighted by atomic mass is 9.91. The van der Waals surface area contributed by atoms with Gasteiger partial charge in [0.1, 0.15) is 5.78 Å². The number of pyridine rings is 2. The molecule has 34 heavy (non-hydrogen) atoms. The van der Waals surface area contributed by atoms with Gasteiger partial charge in [0, 0.05) is 35.8 Å². The molecule has 0 aliphatic heterocycles. The van der Waals surface area contributed by atoms with Gasteiger partial charge < -0.3 is 4.57 Å². The van der Waals surface area contributed by atoms with Gasteiger partial charge in [-0.15, -0.1) is 0 Å². The molecule has 5 heteroatoms. The van der Waals surface area contributed by atoms with Crippen LogP contribution < -0.4 is 5.56 Å². The monoisotopic (exact) mass is 450 g/mol. The standard InChI is InChI=1S/C29H26N2O3/c1-19(2)31-25-11-9-22(17-20(3)32)18-24(25)27(23-7-5-4-6-8-23)28(29(31)34)26(33)12-10-21-13-15-30-16-14-21/h4-16,18-19H,17H2,1-3H3/b12-10+. The van der Waals surface area contributed by atoms with Gasteiger partial charge in [0.05, 0.1) is 11.1 Å². The van der Waals surface area contributed by atoms with Crippen molar-refractivity contribution >= 4 is 28.5 Å². The molecule has 0 bridgehead atoms. The summed E-state index contributed by atoms with van der Waals surface area (Å²) in [4.78, 5) is 43.1. The van der Waals surface area contributed by atoms with Crippen molar-refractivity contribution in [1.82, 2.24) is 9.55 Å². The second-order valence-electron chi connectivity index (χ2n) is 8.59. The zero-order chi connectivity index (χ0) is 24.2. The predicted octanol–water partition coefficient (Wildman–Crippen LogP) is 5.67. The minimum Gasteiger partial charge on any atom is -0.305 e. The highest BCUT2D eigenvalue weighted by Gasteiger charge is 2.23. The van der Waals surface area contributed by atoms with Gasteiger partial charge in [-0.3, -0.25) is 19.4 Å². The van der Waals surface area contributed by atoms with Crippen LogP contribution >= 0.6 is 0 Å². The van der Waals surface area contributed by atoms with Gasteiger partial charge in [0.2, 0.25) is 0 Å². The van der Waals surface area contributed by atoms with Crippen LogP contribution in [-0.4, -0.2) is 21.1 Å². The van der Waals surface area contributed by atoms with Crippen molar-refractivity contribution in [2.75, 3.05) is 0 Å². The van der Waals surface area contributed by atoms with E-state index in [1.165, 1.54) is 6.08 Å². The molecule has 0 radical (unpaired) electrons. The van der Waals surface area contributed by atoms with E-state index in [-0.39, 0.29) is 35.2 Å². The van der Waals surface area contributed by atoms with Gasteiger partial charge in [-0.1, -0.05) is 42.5 Å². The zero-order valence-electron chi connectivity index (χ0n) is 19.5. The smallest absolute Gasteiger partial charge is 0.263 e. The fraction of sp³-hybridized carbons (Fsp3) is 0.172. The quantitative estimate of drug-likeness (QED) is 0.269. The minimum absolute atomic E-state index is 0.0503. The number of allylic oxidation sites excluding steroid dienone is 1. The third-order valence-corrected chi connectivity index (χ3v) is 5.68. The number of hydrogen-bond donors (Lipinski definition) is 0. The van der Waals surface area contributed by atoms with E-state index in [0.29, 0.717) is 5.56 Å². The summed E-state index contributed by atoms with van der Waals surface area (Å²) in [6, 6.07) is 18.6. The van der Waals surface area contributed by atoms with E-state index in [0.717, 1.165) is 27.6 Å². The van der Waals surface area contributed by atoms with Gasteiger partial charge in [-0.2, -0.15) is 0 Å². The first-order valence-electron chi connectivity index (χ1n) is 11.2. The molecule has 0 aliphatic carbocycles. The normalized spacial score (nSPS) is 11.4. The van der Waals surface area contributed by atoms with E-state index >= 15 is 0 Å². The van der Waals surface area contributed by atoms with E-state index in [1.807, 2.05) is 62.4 Å². The lowest BCUT2D eigenvalue weighted by Crippen LogP contribution is -2.29. The number of carbonyl (C=O) groups excluding carboxylic acids is 2. The lowest BCUT2D eigenvalue weighted by Gasteiger charge is -2.20. The molecular weight excluding hydrogens is 424 g/mol. The number of benzene rings is 2. The maximum atomic E-state index is 13.8. The fourth-order valence-electron chi connectivity index (χ4n) is 4.24. The van der Waals surface area contributed by atoms with Gasteiger partial charge >= 0.3 is 0 Å². The molecule has 0 saturated carbocycles. The average molecular weight is 451 g/mol. The van der Waals surface area contributed by atoms with E-state index in [2.05, 4.69) is 4.98 Å². The number of carbonyl (C=O) groups is 2. The van der Waals surface area contributed by atoms with Crippen LogP contribution in [-0.2, 0) is 11.2 Å². The molecule has 0 aliphatic rings. The molecule has 0 fully saturated rings. The molecule has 0 spiro atoms. The molecule has 0 unspecified atom stereocenters. The van der Waals surface area contributed by atoms with Gasteiger partial charge in [-0.25, -0.2) is 0 Å². The van der Waals surface area contributed by atoms with Crippen LogP contribution in [0.25, 0.3) is 28.1 Å². The Labute approximate surface area is 198 Å². The number of fused-ring (bicyclic) bond motifs is 1. The SMILES string of the molecule is CC(=O)Cc1ccc2c(c1)c(-c1ccccc1)c(C(=O)/C=C/c1ccncc1)c(=O)n2C(C)C. The molecule has 4 aromatic rings. The Balaban J connectivity index is 2.05. The van der Waals surface area contributed by atoms with E-state index < -0.39 is 0 Å². The highest BCUT2D eigenvalue weighted by atomic mass is 16.1. The van der Waals surface area contributed by atoms with Crippen molar-refractivity contribution in [2.24, 2.45) is 0 Å². The van der Waals surface area contributed by atoms with Gasteiger partial charge in [-0.05, 0) is 67.8 Å². The van der Waals surface area contributed by atoms with E-state index in [9.17, 15) is 14.4 Å². The number of aromatic nitrogens is 2. The number of Topliss-reactive ketones (excluding diaryl/α,β-unsaturated/α-hetero) is 1. The second-order valence-corrected chi connectivity index (χ2v) is 8.59. The maximum Gasteiger partial charge on any atom is 0.263 e. The summed E-state index contributed by atoms with van der Waals surface area (Å²) in [5, 5.41) is 0.777. The first kappa shape index (κ1) is 23.1. The first-order chi connectivity index (χ1) is 16.4. The molecule has 0 saturated heterocycles. The maximum absolute atomic E-state index is 13.8. The molecule has 2 aromatic heterocycles. The molecule has 2 aromatic carbocycles. The predicted molar refractivity (Wildman–Crippen MR) is 136 cm³/mol. The molecule has 170 valence electrons. The Hall–Kier alpha value is -4.12. The molecule has 0 atom stereocenters. The van der Waals surface area contributed by atoms with Gasteiger partial charge in [0.15, 0.2) is 5.78 Å². The molecule has 0 amide bonds. The Morgan fingerprint density at radius 1 is 1.00 bits per heavy atom. The second kappa shape index (κ2) is 9.79. The minimum atomic E-state index is -0.367. The lowest BCUT2D eigenvalue weighted by molar-refractivity contribution is -0.116. The Morgan fingerprint density at radius 3 is 2.35 bits per heavy atom. The van der Waals surface area contributed by atoms with Crippen LogP contribution in [0.5, 0.6) is 0 Å². The number of ketones is 2. The molecule has 4 rings (SSSR count). The first-order valence-corrected chi connectivity index (χ1v) is 11.2. The third kappa shape index (κ3) is 4.64. The number of rotatable bonds is 7. The summed E-state index contributed by atoms with van der Waals surface area (Å²) in [6.45, 7) is 5.40. The highest BCUT2D eigenvalue weighted by Crippen LogP contribution is 2.33. The van der Waals surface area contributed by atoms with Crippen LogP contribution in [0.15, 0.2) is 83.9 Å². The van der Waals surface area contributed by atoms with E-state index in [4.69, 9.17) is 0 Å². The third-order valence-electron chi connectivity index (χ3n) is 5.68. The summed E-state index contributed by atoms with van der Waals surface area (Å²) >= 11 is 0. The molecule has 0 N–H and O–H groups in total. The van der Waals surface area contributed by atoms with Crippen LogP contribution in [0.4, 0.5) is 0 Å². The molecule has 2 heterocycles. The van der Waals surface area contributed by atoms with Crippen molar-refractivity contribution in [2.45, 2.75) is 33.2 Å². The topological polar surface area (TPSA) is 69.0 Å². The van der Waals surface area contributed by atoms with Crippen molar-refractivity contribution in [3.8, 4) is 11.1 Å². The largest absolute Gasteiger partial charge is 0.305 e. The zero-order valence-corrected chi connectivity index (χ0v) is 19.5. The molecular formula is C29H26N2O3. The van der Waals surface area contributed by atoms with Crippen LogP contribution in [0, 0.1) is 0 Å². The van der Waals surface area contributed by atoms with Crippen LogP contribution in [0.3, 0.4) is 0 Å².